The Morgan fingerprint density at radius 1 is 1.06 bits per heavy atom. The van der Waals surface area contributed by atoms with Crippen LogP contribution in [0.4, 0.5) is 9.52 Å². The molecule has 2 heterocycles. The molecule has 6 nitrogen and oxygen atoms in total. The van der Waals surface area contributed by atoms with Crippen LogP contribution in [0.3, 0.4) is 0 Å². The number of halogens is 1. The largest absolute Gasteiger partial charge is 0.507 e. The van der Waals surface area contributed by atoms with Crippen LogP contribution in [0.1, 0.15) is 47.5 Å². The van der Waals surface area contributed by atoms with Crippen LogP contribution in [0.5, 0.6) is 0 Å². The van der Waals surface area contributed by atoms with Crippen LogP contribution in [-0.2, 0) is 9.59 Å². The Balaban J connectivity index is 1.91. The number of carbonyl (C=O) groups is 2. The van der Waals surface area contributed by atoms with E-state index in [4.69, 9.17) is 0 Å². The number of aliphatic hydroxyl groups excluding tert-OH is 1. The lowest BCUT2D eigenvalue weighted by atomic mass is 9.93. The number of amides is 1. The van der Waals surface area contributed by atoms with Crippen molar-refractivity contribution in [2.75, 3.05) is 4.90 Å². The van der Waals surface area contributed by atoms with Crippen molar-refractivity contribution < 1.29 is 19.1 Å². The number of hydrogen-bond acceptors (Lipinski definition) is 6. The molecule has 1 unspecified atom stereocenters. The van der Waals surface area contributed by atoms with Crippen LogP contribution in [-0.4, -0.2) is 27.0 Å². The predicted molar refractivity (Wildman–Crippen MR) is 116 cm³/mol. The first-order chi connectivity index (χ1) is 14.8. The lowest BCUT2D eigenvalue weighted by Crippen LogP contribution is -2.29. The van der Waals surface area contributed by atoms with Gasteiger partial charge in [0, 0.05) is 5.56 Å². The fourth-order valence-corrected chi connectivity index (χ4v) is 4.27. The number of hydrogen-bond donors (Lipinski definition) is 1. The average molecular weight is 437 g/mol. The maximum absolute atomic E-state index is 13.4. The lowest BCUT2D eigenvalue weighted by molar-refractivity contribution is -0.132. The molecule has 2 aromatic carbocycles. The van der Waals surface area contributed by atoms with E-state index in [2.05, 4.69) is 24.0 Å². The topological polar surface area (TPSA) is 83.4 Å². The van der Waals surface area contributed by atoms with E-state index in [0.717, 1.165) is 5.56 Å². The Labute approximate surface area is 182 Å². The Morgan fingerprint density at radius 2 is 1.71 bits per heavy atom. The lowest BCUT2D eigenvalue weighted by Gasteiger charge is -2.23. The second-order valence-corrected chi connectivity index (χ2v) is 8.76. The first-order valence-corrected chi connectivity index (χ1v) is 10.6. The van der Waals surface area contributed by atoms with Gasteiger partial charge >= 0.3 is 5.91 Å². The number of anilines is 1. The maximum atomic E-state index is 13.4. The van der Waals surface area contributed by atoms with Crippen LogP contribution in [0.25, 0.3) is 5.76 Å². The summed E-state index contributed by atoms with van der Waals surface area (Å²) in [5.41, 5.74) is 1.93. The average Bonchev–Trinajstić information content (AvgIpc) is 3.29. The van der Waals surface area contributed by atoms with E-state index in [1.165, 1.54) is 40.5 Å². The van der Waals surface area contributed by atoms with Crippen molar-refractivity contribution in [3.63, 3.8) is 0 Å². The first kappa shape index (κ1) is 20.9. The van der Waals surface area contributed by atoms with Crippen molar-refractivity contribution in [2.45, 2.75) is 32.7 Å². The first-order valence-electron chi connectivity index (χ1n) is 9.75. The summed E-state index contributed by atoms with van der Waals surface area (Å²) in [6.45, 7) is 5.89. The van der Waals surface area contributed by atoms with E-state index in [0.29, 0.717) is 16.5 Å². The number of benzene rings is 2. The van der Waals surface area contributed by atoms with Gasteiger partial charge in [-0.1, -0.05) is 49.4 Å². The van der Waals surface area contributed by atoms with Gasteiger partial charge in [-0.2, -0.15) is 0 Å². The zero-order valence-corrected chi connectivity index (χ0v) is 18.0. The van der Waals surface area contributed by atoms with Gasteiger partial charge in [-0.3, -0.25) is 14.5 Å². The van der Waals surface area contributed by atoms with Crippen LogP contribution in [0.15, 0.2) is 54.1 Å². The number of ketones is 1. The number of carbonyl (C=O) groups excluding carboxylic acids is 2. The van der Waals surface area contributed by atoms with Gasteiger partial charge in [0.25, 0.3) is 5.78 Å². The minimum absolute atomic E-state index is 0.0678. The smallest absolute Gasteiger partial charge is 0.301 e. The summed E-state index contributed by atoms with van der Waals surface area (Å²) in [7, 11) is 0. The van der Waals surface area contributed by atoms with Gasteiger partial charge < -0.3 is 5.11 Å². The van der Waals surface area contributed by atoms with Gasteiger partial charge in [0.2, 0.25) is 5.13 Å². The minimum Gasteiger partial charge on any atom is -0.507 e. The van der Waals surface area contributed by atoms with E-state index >= 15 is 0 Å². The molecule has 4 rings (SSSR count). The SMILES string of the molecule is Cc1nnc(N2C(=O)C(=O)/C(=C(/O)c3ccc(F)cc3)C2c2ccc(C(C)C)cc2)s1. The van der Waals surface area contributed by atoms with E-state index in [-0.39, 0.29) is 22.0 Å². The van der Waals surface area contributed by atoms with Crippen molar-refractivity contribution >= 4 is 33.9 Å². The Bertz CT molecular complexity index is 1180. The monoisotopic (exact) mass is 437 g/mol. The summed E-state index contributed by atoms with van der Waals surface area (Å²) >= 11 is 1.19. The second-order valence-electron chi connectivity index (χ2n) is 7.60. The second kappa shape index (κ2) is 8.03. The van der Waals surface area contributed by atoms with Crippen molar-refractivity contribution in [2.24, 2.45) is 0 Å². The molecule has 31 heavy (non-hydrogen) atoms. The molecule has 0 saturated carbocycles. The van der Waals surface area contributed by atoms with E-state index < -0.39 is 23.5 Å². The number of aliphatic hydroxyl groups is 1. The van der Waals surface area contributed by atoms with E-state index in [9.17, 15) is 19.1 Å². The summed E-state index contributed by atoms with van der Waals surface area (Å²) in [5, 5.41) is 19.9. The fraction of sp³-hybridized carbons (Fsp3) is 0.217. The van der Waals surface area contributed by atoms with Gasteiger partial charge in [-0.05, 0) is 48.2 Å². The molecule has 158 valence electrons. The van der Waals surface area contributed by atoms with E-state index in [1.54, 1.807) is 6.92 Å². The third kappa shape index (κ3) is 3.74. The van der Waals surface area contributed by atoms with Crippen LogP contribution in [0.2, 0.25) is 0 Å². The highest BCUT2D eigenvalue weighted by Gasteiger charge is 2.48. The molecule has 0 bridgehead atoms. The number of aromatic nitrogens is 2. The Morgan fingerprint density at radius 3 is 2.26 bits per heavy atom. The van der Waals surface area contributed by atoms with Crippen LogP contribution >= 0.6 is 11.3 Å². The van der Waals surface area contributed by atoms with Gasteiger partial charge in [0.15, 0.2) is 0 Å². The molecule has 0 radical (unpaired) electrons. The van der Waals surface area contributed by atoms with Crippen molar-refractivity contribution in [1.82, 2.24) is 10.2 Å². The summed E-state index contributed by atoms with van der Waals surface area (Å²) in [6, 6.07) is 11.8. The van der Waals surface area contributed by atoms with Crippen molar-refractivity contribution in [3.8, 4) is 0 Å². The van der Waals surface area contributed by atoms with Crippen LogP contribution < -0.4 is 4.90 Å². The number of rotatable bonds is 4. The molecular formula is C23H20FN3O3S. The molecule has 1 atom stereocenters. The molecule has 1 amide bonds. The molecule has 1 aliphatic heterocycles. The summed E-state index contributed by atoms with van der Waals surface area (Å²) in [5.74, 6) is -2.14. The molecule has 1 saturated heterocycles. The summed E-state index contributed by atoms with van der Waals surface area (Å²) < 4.78 is 13.4. The molecule has 1 aliphatic rings. The molecule has 0 aliphatic carbocycles. The summed E-state index contributed by atoms with van der Waals surface area (Å²) in [4.78, 5) is 27.3. The molecule has 8 heteroatoms. The van der Waals surface area contributed by atoms with Gasteiger partial charge in [-0.15, -0.1) is 10.2 Å². The normalized spacial score (nSPS) is 18.2. The number of aryl methyl sites for hydroxylation is 1. The van der Waals surface area contributed by atoms with Gasteiger partial charge in [0.1, 0.15) is 16.6 Å². The Hall–Kier alpha value is -3.39. The molecule has 1 fully saturated rings. The standard InChI is InChI=1S/C23H20FN3O3S/c1-12(2)14-4-6-15(7-5-14)19-18(20(28)16-8-10-17(24)11-9-16)21(29)22(30)27(19)23-26-25-13(3)31-23/h4-12,19,28H,1-3H3/b20-18+. The highest BCUT2D eigenvalue weighted by Crippen LogP contribution is 2.43. The predicted octanol–water partition coefficient (Wildman–Crippen LogP) is 4.74. The number of nitrogens with zero attached hydrogens (tertiary/aromatic N) is 3. The third-order valence-electron chi connectivity index (χ3n) is 5.20. The van der Waals surface area contributed by atoms with Gasteiger partial charge in [-0.25, -0.2) is 4.39 Å². The third-order valence-corrected chi connectivity index (χ3v) is 6.04. The maximum Gasteiger partial charge on any atom is 0.301 e. The quantitative estimate of drug-likeness (QED) is 0.362. The van der Waals surface area contributed by atoms with Crippen molar-refractivity contribution in [1.29, 1.82) is 0 Å². The zero-order chi connectivity index (χ0) is 22.3. The summed E-state index contributed by atoms with van der Waals surface area (Å²) in [6.07, 6.45) is 0. The highest BCUT2D eigenvalue weighted by molar-refractivity contribution is 7.15. The molecule has 1 N–H and O–H groups in total. The Kier molecular flexibility index (Phi) is 5.41. The highest BCUT2D eigenvalue weighted by atomic mass is 32.1. The minimum atomic E-state index is -0.876. The van der Waals surface area contributed by atoms with Crippen molar-refractivity contribution in [3.05, 3.63) is 81.6 Å². The zero-order valence-electron chi connectivity index (χ0n) is 17.2. The van der Waals surface area contributed by atoms with E-state index in [1.807, 2.05) is 24.3 Å². The molecule has 3 aromatic rings. The van der Waals surface area contributed by atoms with Gasteiger partial charge in [0.05, 0.1) is 11.6 Å². The molecular weight excluding hydrogens is 417 g/mol. The fourth-order valence-electron chi connectivity index (χ4n) is 3.56. The molecule has 1 aromatic heterocycles. The molecule has 0 spiro atoms. The van der Waals surface area contributed by atoms with Crippen LogP contribution in [0, 0.1) is 12.7 Å². The number of Topliss-reactive ketones (excluding diaryl/α,β-unsaturated/α-hetero) is 1.